The number of nitro benzene ring substituents is 1. The average Bonchev–Trinajstić information content (AvgIpc) is 3.17. The van der Waals surface area contributed by atoms with Gasteiger partial charge in [-0.3, -0.25) is 14.7 Å². The highest BCUT2D eigenvalue weighted by Crippen LogP contribution is 2.48. The fourth-order valence-corrected chi connectivity index (χ4v) is 4.53. The largest absolute Gasteiger partial charge is 0.424 e. The number of nitrogens with zero attached hydrogens (tertiary/aromatic N) is 2. The Balaban J connectivity index is 1.89. The first-order valence-corrected chi connectivity index (χ1v) is 11.5. The second-order valence-electron chi connectivity index (χ2n) is 6.67. The van der Waals surface area contributed by atoms with Gasteiger partial charge in [0.2, 0.25) is 17.2 Å². The summed E-state index contributed by atoms with van der Waals surface area (Å²) in [6, 6.07) is 11.9. The van der Waals surface area contributed by atoms with E-state index in [1.54, 1.807) is 38.1 Å². The molecule has 32 heavy (non-hydrogen) atoms. The molecule has 0 radical (unpaired) electrons. The third-order valence-corrected chi connectivity index (χ3v) is 6.40. The monoisotopic (exact) mass is 463 g/mol. The molecule has 0 aliphatic heterocycles. The number of nitrogens with one attached hydrogen (secondary N) is 1. The molecule has 1 heterocycles. The third-order valence-electron chi connectivity index (χ3n) is 4.38. The molecule has 0 atom stereocenters. The van der Waals surface area contributed by atoms with Gasteiger partial charge in [0.1, 0.15) is 5.82 Å². The molecule has 1 aromatic heterocycles. The summed E-state index contributed by atoms with van der Waals surface area (Å²) in [6.45, 7) is 3.92. The van der Waals surface area contributed by atoms with Crippen LogP contribution in [0.5, 0.6) is 0 Å². The molecule has 0 unspecified atom stereocenters. The minimum atomic E-state index is -3.76. The molecule has 0 saturated heterocycles. The van der Waals surface area contributed by atoms with Gasteiger partial charge in [0.05, 0.1) is 18.1 Å². The van der Waals surface area contributed by atoms with Crippen LogP contribution in [0.25, 0.3) is 0 Å². The normalized spacial score (nSPS) is 11.5. The Morgan fingerprint density at radius 2 is 1.66 bits per heavy atom. The highest BCUT2D eigenvalue weighted by Gasteiger charge is 2.35. The van der Waals surface area contributed by atoms with Crippen molar-refractivity contribution in [2.75, 3.05) is 18.5 Å². The zero-order valence-corrected chi connectivity index (χ0v) is 18.5. The van der Waals surface area contributed by atoms with Gasteiger partial charge in [0.25, 0.3) is 5.69 Å². The zero-order chi connectivity index (χ0) is 23.1. The van der Waals surface area contributed by atoms with E-state index >= 15 is 0 Å². The summed E-state index contributed by atoms with van der Waals surface area (Å²) in [5, 5.41) is 13.9. The second-order valence-corrected chi connectivity index (χ2v) is 8.61. The van der Waals surface area contributed by atoms with E-state index in [2.05, 4.69) is 10.3 Å². The smallest absolute Gasteiger partial charge is 0.385 e. The van der Waals surface area contributed by atoms with Crippen molar-refractivity contribution in [2.24, 2.45) is 0 Å². The molecule has 0 amide bonds. The van der Waals surface area contributed by atoms with E-state index in [1.807, 2.05) is 0 Å². The fraction of sp³-hybridized carbons (Fsp3) is 0.286. The van der Waals surface area contributed by atoms with Gasteiger partial charge >= 0.3 is 7.60 Å². The molecule has 2 aromatic carbocycles. The van der Waals surface area contributed by atoms with Crippen LogP contribution in [0, 0.1) is 15.9 Å². The first-order chi connectivity index (χ1) is 15.3. The third kappa shape index (κ3) is 5.79. The molecule has 11 heteroatoms. The van der Waals surface area contributed by atoms with E-state index in [-0.39, 0.29) is 54.9 Å². The van der Waals surface area contributed by atoms with Gasteiger partial charge < -0.3 is 18.8 Å². The predicted molar refractivity (Wildman–Crippen MR) is 117 cm³/mol. The van der Waals surface area contributed by atoms with E-state index in [9.17, 15) is 19.1 Å². The molecule has 0 aliphatic rings. The van der Waals surface area contributed by atoms with Gasteiger partial charge in [-0.2, -0.15) is 0 Å². The van der Waals surface area contributed by atoms with Crippen LogP contribution < -0.4 is 10.8 Å². The minimum Gasteiger partial charge on any atom is -0.424 e. The van der Waals surface area contributed by atoms with Crippen molar-refractivity contribution < 1.29 is 27.3 Å². The van der Waals surface area contributed by atoms with Crippen LogP contribution in [-0.2, 0) is 26.6 Å². The maximum absolute atomic E-state index is 13.3. The number of hydrogen-bond donors (Lipinski definition) is 1. The van der Waals surface area contributed by atoms with Crippen LogP contribution in [0.2, 0.25) is 0 Å². The minimum absolute atomic E-state index is 0.0141. The molecule has 3 rings (SSSR count). The summed E-state index contributed by atoms with van der Waals surface area (Å²) in [7, 11) is -3.76. The van der Waals surface area contributed by atoms with Gasteiger partial charge in [-0.25, -0.2) is 9.37 Å². The summed E-state index contributed by atoms with van der Waals surface area (Å²) < 4.78 is 43.2. The Kier molecular flexibility index (Phi) is 7.74. The number of benzene rings is 2. The topological polar surface area (TPSA) is 117 Å². The predicted octanol–water partition coefficient (Wildman–Crippen LogP) is 4.82. The lowest BCUT2D eigenvalue weighted by Crippen LogP contribution is -2.16. The van der Waals surface area contributed by atoms with Gasteiger partial charge in [-0.15, -0.1) is 0 Å². The lowest BCUT2D eigenvalue weighted by Gasteiger charge is -2.15. The molecule has 0 fully saturated rings. The maximum Gasteiger partial charge on any atom is 0.385 e. The highest BCUT2D eigenvalue weighted by atomic mass is 31.2. The Bertz CT molecular complexity index is 1090. The van der Waals surface area contributed by atoms with E-state index in [0.29, 0.717) is 0 Å². The van der Waals surface area contributed by atoms with E-state index < -0.39 is 12.5 Å². The number of hydrogen-bond acceptors (Lipinski definition) is 8. The van der Waals surface area contributed by atoms with Crippen molar-refractivity contribution >= 4 is 24.6 Å². The maximum atomic E-state index is 13.3. The Hall–Kier alpha value is -3.07. The average molecular weight is 463 g/mol. The van der Waals surface area contributed by atoms with Crippen LogP contribution >= 0.6 is 7.60 Å². The number of non-ortho nitro benzene ring substituents is 1. The van der Waals surface area contributed by atoms with E-state index in [0.717, 1.165) is 11.1 Å². The number of rotatable bonds is 11. The molecule has 0 spiro atoms. The van der Waals surface area contributed by atoms with E-state index in [1.165, 1.54) is 24.3 Å². The van der Waals surface area contributed by atoms with Crippen molar-refractivity contribution in [3.63, 3.8) is 0 Å². The Morgan fingerprint density at radius 3 is 2.22 bits per heavy atom. The lowest BCUT2D eigenvalue weighted by molar-refractivity contribution is -0.384. The van der Waals surface area contributed by atoms with Crippen molar-refractivity contribution in [1.82, 2.24) is 4.98 Å². The van der Waals surface area contributed by atoms with Crippen LogP contribution in [-0.4, -0.2) is 23.1 Å². The molecular weight excluding hydrogens is 440 g/mol. The number of nitro groups is 1. The summed E-state index contributed by atoms with van der Waals surface area (Å²) in [5.74, 6) is 0.00300. The highest BCUT2D eigenvalue weighted by molar-refractivity contribution is 7.62. The van der Waals surface area contributed by atoms with Crippen molar-refractivity contribution in [3.05, 3.63) is 81.5 Å². The molecule has 1 N–H and O–H groups in total. The van der Waals surface area contributed by atoms with Gasteiger partial charge in [0.15, 0.2) is 0 Å². The Labute approximate surface area is 184 Å². The van der Waals surface area contributed by atoms with Gasteiger partial charge in [-0.05, 0) is 37.1 Å². The molecule has 170 valence electrons. The van der Waals surface area contributed by atoms with Gasteiger partial charge in [0, 0.05) is 25.1 Å². The summed E-state index contributed by atoms with van der Waals surface area (Å²) in [6.07, 6.45) is 0.210. The van der Waals surface area contributed by atoms with Crippen LogP contribution in [0.3, 0.4) is 0 Å². The number of aromatic nitrogens is 1. The Morgan fingerprint density at radius 1 is 1.06 bits per heavy atom. The number of anilines is 1. The fourth-order valence-electron chi connectivity index (χ4n) is 2.93. The molecule has 9 nitrogen and oxygen atoms in total. The number of halogens is 1. The number of oxazole rings is 1. The second kappa shape index (κ2) is 10.5. The zero-order valence-electron chi connectivity index (χ0n) is 17.6. The van der Waals surface area contributed by atoms with Crippen molar-refractivity contribution in [2.45, 2.75) is 26.8 Å². The quantitative estimate of drug-likeness (QED) is 0.244. The molecule has 0 bridgehead atoms. The van der Waals surface area contributed by atoms with E-state index in [4.69, 9.17) is 13.5 Å². The lowest BCUT2D eigenvalue weighted by atomic mass is 10.1. The summed E-state index contributed by atoms with van der Waals surface area (Å²) >= 11 is 0. The van der Waals surface area contributed by atoms with Crippen LogP contribution in [0.4, 0.5) is 16.0 Å². The SMILES string of the molecule is CCOP(=O)(OCC)c1nc(Cc2ccc([N+](=O)[O-])cc2)oc1NCc1ccc(F)cc1. The van der Waals surface area contributed by atoms with Crippen LogP contribution in [0.15, 0.2) is 52.9 Å². The molecular formula is C21H23FN3O6P. The standard InChI is InChI=1S/C21H23FN3O6P/c1-3-29-32(28,30-4-2)21-20(23-14-16-5-9-17(22)10-6-16)31-19(24-21)13-15-7-11-18(12-8-15)25(26)27/h5-12,23H,3-4,13-14H2,1-2H3. The first-order valence-electron chi connectivity index (χ1n) is 9.95. The summed E-state index contributed by atoms with van der Waals surface area (Å²) in [5.41, 5.74) is 1.48. The van der Waals surface area contributed by atoms with Crippen molar-refractivity contribution in [1.29, 1.82) is 0 Å². The first kappa shape index (κ1) is 23.6. The van der Waals surface area contributed by atoms with Crippen molar-refractivity contribution in [3.8, 4) is 0 Å². The van der Waals surface area contributed by atoms with Gasteiger partial charge in [-0.1, -0.05) is 24.3 Å². The molecule has 3 aromatic rings. The van der Waals surface area contributed by atoms with Crippen LogP contribution in [0.1, 0.15) is 30.9 Å². The summed E-state index contributed by atoms with van der Waals surface area (Å²) in [4.78, 5) is 14.7. The molecule has 0 aliphatic carbocycles. The molecule has 0 saturated carbocycles.